The van der Waals surface area contributed by atoms with Gasteiger partial charge in [0.05, 0.1) is 5.57 Å². The highest BCUT2D eigenvalue weighted by Crippen LogP contribution is 2.26. The minimum atomic E-state index is -0.979. The van der Waals surface area contributed by atoms with Gasteiger partial charge in [0.15, 0.2) is 0 Å². The standard InChI is InChI=1S/C11H8BrN3O3/c12-6-1-2-8-5(3-6)4-7-9(15(8)18)11(17)14-13-10(7)16/h1-4,9,15H,(H,13,16)(H,14,17). The van der Waals surface area contributed by atoms with Crippen molar-refractivity contribution in [3.8, 4) is 0 Å². The summed E-state index contributed by atoms with van der Waals surface area (Å²) in [7, 11) is 0. The molecule has 3 rings (SSSR count). The van der Waals surface area contributed by atoms with Crippen LogP contribution in [0, 0.1) is 5.21 Å². The van der Waals surface area contributed by atoms with E-state index in [1.807, 2.05) is 0 Å². The zero-order valence-electron chi connectivity index (χ0n) is 8.98. The molecule has 0 fully saturated rings. The Hall–Kier alpha value is -1.70. The van der Waals surface area contributed by atoms with Crippen LogP contribution in [0.25, 0.3) is 6.08 Å². The zero-order chi connectivity index (χ0) is 12.9. The van der Waals surface area contributed by atoms with E-state index in [4.69, 9.17) is 0 Å². The van der Waals surface area contributed by atoms with E-state index in [0.717, 1.165) is 4.47 Å². The van der Waals surface area contributed by atoms with E-state index < -0.39 is 11.9 Å². The lowest BCUT2D eigenvalue weighted by Gasteiger charge is -2.36. The summed E-state index contributed by atoms with van der Waals surface area (Å²) >= 11 is 3.31. The molecule has 1 aromatic carbocycles. The van der Waals surface area contributed by atoms with Crippen LogP contribution in [0.5, 0.6) is 0 Å². The first-order valence-corrected chi connectivity index (χ1v) is 5.99. The van der Waals surface area contributed by atoms with Crippen LogP contribution in [-0.2, 0) is 4.79 Å². The number of hydrazone groups is 1. The van der Waals surface area contributed by atoms with Gasteiger partial charge < -0.3 is 15.4 Å². The zero-order valence-corrected chi connectivity index (χ0v) is 10.6. The summed E-state index contributed by atoms with van der Waals surface area (Å²) in [5.41, 5.74) is 3.52. The Morgan fingerprint density at radius 2 is 2.28 bits per heavy atom. The fourth-order valence-electron chi connectivity index (χ4n) is 2.12. The van der Waals surface area contributed by atoms with Crippen LogP contribution in [0.4, 0.5) is 5.69 Å². The number of hydroxylamine groups is 1. The Morgan fingerprint density at radius 3 is 3.06 bits per heavy atom. The summed E-state index contributed by atoms with van der Waals surface area (Å²) < 4.78 is 0.818. The van der Waals surface area contributed by atoms with Gasteiger partial charge in [-0.25, -0.2) is 5.43 Å². The summed E-state index contributed by atoms with van der Waals surface area (Å²) in [6, 6.07) is 4.18. The normalized spacial score (nSPS) is 25.6. The summed E-state index contributed by atoms with van der Waals surface area (Å²) in [6.07, 6.45) is 1.60. The van der Waals surface area contributed by atoms with Crippen molar-refractivity contribution in [3.63, 3.8) is 0 Å². The van der Waals surface area contributed by atoms with Crippen molar-refractivity contribution in [3.05, 3.63) is 39.0 Å². The number of hydrogen-bond acceptors (Lipinski definition) is 3. The lowest BCUT2D eigenvalue weighted by atomic mass is 9.95. The van der Waals surface area contributed by atoms with Crippen LogP contribution in [-0.4, -0.2) is 23.0 Å². The van der Waals surface area contributed by atoms with E-state index in [0.29, 0.717) is 11.3 Å². The summed E-state index contributed by atoms with van der Waals surface area (Å²) in [4.78, 5) is 11.7. The van der Waals surface area contributed by atoms with E-state index in [9.17, 15) is 15.1 Å². The molecule has 3 N–H and O–H groups in total. The number of fused-ring (bicyclic) bond motifs is 2. The van der Waals surface area contributed by atoms with Gasteiger partial charge in [-0.05, 0) is 18.2 Å². The van der Waals surface area contributed by atoms with E-state index >= 15 is 0 Å². The SMILES string of the molecule is O=C1NN=C(O)C2C1=Cc1cc(Br)ccc1[NH+]2[O-]. The molecule has 0 spiro atoms. The lowest BCUT2D eigenvalue weighted by molar-refractivity contribution is -0.788. The van der Waals surface area contributed by atoms with Crippen molar-refractivity contribution >= 4 is 39.5 Å². The predicted molar refractivity (Wildman–Crippen MR) is 68.1 cm³/mol. The van der Waals surface area contributed by atoms with Gasteiger partial charge in [-0.2, -0.15) is 0 Å². The first kappa shape index (κ1) is 11.4. The van der Waals surface area contributed by atoms with Crippen molar-refractivity contribution in [2.45, 2.75) is 6.04 Å². The van der Waals surface area contributed by atoms with Gasteiger partial charge in [-0.15, -0.1) is 5.10 Å². The van der Waals surface area contributed by atoms with E-state index in [-0.39, 0.29) is 16.5 Å². The summed E-state index contributed by atoms with van der Waals surface area (Å²) in [6.45, 7) is 0. The van der Waals surface area contributed by atoms with Crippen LogP contribution in [0.15, 0.2) is 33.3 Å². The Morgan fingerprint density at radius 1 is 1.50 bits per heavy atom. The number of rotatable bonds is 0. The highest BCUT2D eigenvalue weighted by atomic mass is 79.9. The van der Waals surface area contributed by atoms with Crippen LogP contribution in [0.3, 0.4) is 0 Å². The molecule has 1 aromatic rings. The van der Waals surface area contributed by atoms with Crippen LogP contribution in [0.1, 0.15) is 5.56 Å². The third-order valence-electron chi connectivity index (χ3n) is 2.96. The second kappa shape index (κ2) is 3.91. The molecule has 2 atom stereocenters. The predicted octanol–water partition coefficient (Wildman–Crippen LogP) is 0.230. The largest absolute Gasteiger partial charge is 0.628 e. The van der Waals surface area contributed by atoms with E-state index in [1.165, 1.54) is 0 Å². The average Bonchev–Trinajstić information content (AvgIpc) is 2.33. The molecule has 2 aliphatic heterocycles. The minimum Gasteiger partial charge on any atom is -0.628 e. The Labute approximate surface area is 110 Å². The highest BCUT2D eigenvalue weighted by Gasteiger charge is 2.39. The van der Waals surface area contributed by atoms with Crippen molar-refractivity contribution in [2.24, 2.45) is 5.10 Å². The molecule has 0 aliphatic carbocycles. The quantitative estimate of drug-likeness (QED) is 0.599. The average molecular weight is 310 g/mol. The molecule has 92 valence electrons. The molecule has 0 saturated heterocycles. The number of amides is 1. The number of nitrogens with one attached hydrogen (secondary N) is 2. The van der Waals surface area contributed by atoms with Crippen LogP contribution in [0.2, 0.25) is 0 Å². The maximum Gasteiger partial charge on any atom is 0.274 e. The maximum atomic E-state index is 12.2. The minimum absolute atomic E-state index is 0.220. The van der Waals surface area contributed by atoms with Gasteiger partial charge in [-0.3, -0.25) is 4.79 Å². The van der Waals surface area contributed by atoms with Crippen LogP contribution < -0.4 is 10.5 Å². The third-order valence-corrected chi connectivity index (χ3v) is 3.45. The molecule has 18 heavy (non-hydrogen) atoms. The number of quaternary nitrogens is 1. The molecule has 0 radical (unpaired) electrons. The number of carbonyl (C=O) groups is 1. The molecular formula is C11H8BrN3O3. The van der Waals surface area contributed by atoms with Gasteiger partial charge in [0.25, 0.3) is 11.8 Å². The highest BCUT2D eigenvalue weighted by molar-refractivity contribution is 9.10. The molecule has 2 unspecified atom stereocenters. The Bertz CT molecular complexity index is 612. The second-order valence-electron chi connectivity index (χ2n) is 4.04. The number of halogens is 1. The molecule has 2 aliphatic rings. The van der Waals surface area contributed by atoms with Gasteiger partial charge in [0.1, 0.15) is 5.69 Å². The Balaban J connectivity index is 2.21. The number of nitrogens with zero attached hydrogens (tertiary/aromatic N) is 1. The molecule has 0 bridgehead atoms. The number of benzene rings is 1. The van der Waals surface area contributed by atoms with Gasteiger partial charge in [0, 0.05) is 16.1 Å². The molecule has 7 heteroatoms. The number of hydrogen-bond donors (Lipinski definition) is 3. The lowest BCUT2D eigenvalue weighted by Crippen LogP contribution is -3.09. The van der Waals surface area contributed by atoms with Crippen molar-refractivity contribution in [1.82, 2.24) is 5.43 Å². The molecular weight excluding hydrogens is 302 g/mol. The molecule has 2 heterocycles. The topological polar surface area (TPSA) is 89.2 Å². The molecule has 1 amide bonds. The smallest absolute Gasteiger partial charge is 0.274 e. The second-order valence-corrected chi connectivity index (χ2v) is 4.96. The van der Waals surface area contributed by atoms with E-state index in [1.54, 1.807) is 24.3 Å². The van der Waals surface area contributed by atoms with Gasteiger partial charge >= 0.3 is 0 Å². The fraction of sp³-hybridized carbons (Fsp3) is 0.0909. The third kappa shape index (κ3) is 1.56. The van der Waals surface area contributed by atoms with Crippen LogP contribution >= 0.6 is 15.9 Å². The molecule has 0 saturated carbocycles. The first-order valence-electron chi connectivity index (χ1n) is 5.20. The number of aliphatic hydroxyl groups excluding tert-OH is 1. The summed E-state index contributed by atoms with van der Waals surface area (Å²) in [5, 5.41) is 25.0. The van der Waals surface area contributed by atoms with Crippen molar-refractivity contribution < 1.29 is 15.0 Å². The number of carbonyl (C=O) groups excluding carboxylic acids is 1. The van der Waals surface area contributed by atoms with Gasteiger partial charge in [-0.1, -0.05) is 15.9 Å². The monoisotopic (exact) mass is 309 g/mol. The van der Waals surface area contributed by atoms with Crippen molar-refractivity contribution in [1.29, 1.82) is 0 Å². The maximum absolute atomic E-state index is 12.2. The van der Waals surface area contributed by atoms with E-state index in [2.05, 4.69) is 26.5 Å². The van der Waals surface area contributed by atoms with Gasteiger partial charge in [0.2, 0.25) is 6.04 Å². The Kier molecular flexibility index (Phi) is 2.47. The number of aliphatic hydroxyl groups is 1. The first-order chi connectivity index (χ1) is 8.58. The molecule has 0 aromatic heterocycles. The molecule has 6 nitrogen and oxygen atoms in total. The fourth-order valence-corrected chi connectivity index (χ4v) is 2.49. The summed E-state index contributed by atoms with van der Waals surface area (Å²) in [5.74, 6) is -0.837. The van der Waals surface area contributed by atoms with Crippen molar-refractivity contribution in [2.75, 3.05) is 0 Å².